The van der Waals surface area contributed by atoms with Gasteiger partial charge < -0.3 is 18.5 Å². The van der Waals surface area contributed by atoms with Gasteiger partial charge >= 0.3 is 6.09 Å². The number of ether oxygens (including phenoxy) is 1. The molecule has 62 heavy (non-hydrogen) atoms. The van der Waals surface area contributed by atoms with Gasteiger partial charge in [0.05, 0.1) is 36.7 Å². The first-order valence-corrected chi connectivity index (χ1v) is 21.2. The highest BCUT2D eigenvalue weighted by molar-refractivity contribution is 9.10. The standard InChI is InChI=1S/C29H27ClN4O3.C19H11BrClN3O/c1-29(2,3)37-28(35)33-12-10-19(11-13-33)21-6-9-26-25(14-21)23(18-36-26)17-34-16-22(15-31)27(32-34)20-4-7-24(30)8-5-20;20-15-3-6-18-17(7-15)14(11-25-18)10-24-9-13(8-22)19(23-24)12-1-4-16(21)5-2-12/h4-10,14,16,18H,11-13,17H2,1-3H3;1-7,9,11H,10H2. The minimum atomic E-state index is -0.512. The monoisotopic (exact) mass is 925 g/mol. The van der Waals surface area contributed by atoms with E-state index in [9.17, 15) is 15.3 Å². The van der Waals surface area contributed by atoms with Crippen LogP contribution in [0.5, 0.6) is 0 Å². The van der Waals surface area contributed by atoms with Gasteiger partial charge in [0.1, 0.15) is 40.3 Å². The van der Waals surface area contributed by atoms with Crippen LogP contribution in [0.3, 0.4) is 0 Å². The summed E-state index contributed by atoms with van der Waals surface area (Å²) in [5, 5.41) is 31.6. The van der Waals surface area contributed by atoms with E-state index in [4.69, 9.17) is 36.8 Å². The topological polar surface area (TPSA) is 139 Å². The molecule has 0 saturated carbocycles. The zero-order chi connectivity index (χ0) is 43.5. The molecule has 0 aliphatic carbocycles. The van der Waals surface area contributed by atoms with E-state index in [-0.39, 0.29) is 6.09 Å². The third kappa shape index (κ3) is 9.49. The Morgan fingerprint density at radius 1 is 0.758 bits per heavy atom. The van der Waals surface area contributed by atoms with Crippen molar-refractivity contribution in [1.29, 1.82) is 10.5 Å². The number of nitriles is 2. The summed E-state index contributed by atoms with van der Waals surface area (Å²) in [5.41, 5.74) is 9.34. The first-order chi connectivity index (χ1) is 29.8. The van der Waals surface area contributed by atoms with Gasteiger partial charge in [-0.15, -0.1) is 0 Å². The Bertz CT molecular complexity index is 3050. The van der Waals surface area contributed by atoms with Crippen LogP contribution in [0.2, 0.25) is 10.0 Å². The van der Waals surface area contributed by atoms with Gasteiger partial charge in [-0.3, -0.25) is 9.36 Å². The number of nitrogens with zero attached hydrogens (tertiary/aromatic N) is 7. The number of hydrogen-bond donors (Lipinski definition) is 0. The molecule has 0 atom stereocenters. The van der Waals surface area contributed by atoms with Gasteiger partial charge in [-0.2, -0.15) is 20.7 Å². The number of hydrogen-bond acceptors (Lipinski definition) is 8. The molecular formula is C48H38BrCl2N7O4. The Labute approximate surface area is 376 Å². The van der Waals surface area contributed by atoms with E-state index in [1.54, 1.807) is 63.4 Å². The highest BCUT2D eigenvalue weighted by Gasteiger charge is 2.24. The second kappa shape index (κ2) is 17.8. The summed E-state index contributed by atoms with van der Waals surface area (Å²) >= 11 is 15.4. The van der Waals surface area contributed by atoms with E-state index < -0.39 is 5.60 Å². The number of carbonyl (C=O) groups is 1. The quantitative estimate of drug-likeness (QED) is 0.154. The van der Waals surface area contributed by atoms with Gasteiger partial charge in [0.2, 0.25) is 0 Å². The maximum Gasteiger partial charge on any atom is 0.410 e. The average molecular weight is 928 g/mol. The number of carbonyl (C=O) groups excluding carboxylic acids is 1. The Hall–Kier alpha value is -6.57. The molecule has 14 heteroatoms. The second-order valence-corrected chi connectivity index (χ2v) is 17.5. The molecule has 11 nitrogen and oxygen atoms in total. The van der Waals surface area contributed by atoms with Crippen molar-refractivity contribution < 1.29 is 18.4 Å². The van der Waals surface area contributed by atoms with E-state index in [0.29, 0.717) is 58.7 Å². The summed E-state index contributed by atoms with van der Waals surface area (Å²) in [7, 11) is 0. The Morgan fingerprint density at radius 3 is 1.74 bits per heavy atom. The highest BCUT2D eigenvalue weighted by atomic mass is 79.9. The lowest BCUT2D eigenvalue weighted by Gasteiger charge is -2.29. The van der Waals surface area contributed by atoms with Crippen molar-refractivity contribution in [3.05, 3.63) is 158 Å². The van der Waals surface area contributed by atoms with Crippen molar-refractivity contribution in [3.63, 3.8) is 0 Å². The lowest BCUT2D eigenvalue weighted by atomic mass is 9.97. The summed E-state index contributed by atoms with van der Waals surface area (Å²) in [5.74, 6) is 0. The smallest absolute Gasteiger partial charge is 0.410 e. The van der Waals surface area contributed by atoms with Gasteiger partial charge in [0.25, 0.3) is 0 Å². The predicted molar refractivity (Wildman–Crippen MR) is 244 cm³/mol. The van der Waals surface area contributed by atoms with Crippen LogP contribution < -0.4 is 0 Å². The van der Waals surface area contributed by atoms with Gasteiger partial charge in [-0.05, 0) is 92.9 Å². The maximum absolute atomic E-state index is 12.4. The predicted octanol–water partition coefficient (Wildman–Crippen LogP) is 12.5. The van der Waals surface area contributed by atoms with E-state index in [1.165, 1.54) is 5.57 Å². The molecule has 0 bridgehead atoms. The van der Waals surface area contributed by atoms with Crippen LogP contribution >= 0.6 is 39.1 Å². The van der Waals surface area contributed by atoms with E-state index in [2.05, 4.69) is 50.4 Å². The largest absolute Gasteiger partial charge is 0.464 e. The molecular weight excluding hydrogens is 889 g/mol. The zero-order valence-electron chi connectivity index (χ0n) is 33.9. The summed E-state index contributed by atoms with van der Waals surface area (Å²) in [6.45, 7) is 7.72. The van der Waals surface area contributed by atoms with Crippen LogP contribution in [0.15, 0.2) is 129 Å². The molecule has 310 valence electrons. The minimum absolute atomic E-state index is 0.288. The maximum atomic E-state index is 12.4. The number of furan rings is 2. The second-order valence-electron chi connectivity index (χ2n) is 15.7. The number of fused-ring (bicyclic) bond motifs is 2. The van der Waals surface area contributed by atoms with Crippen molar-refractivity contribution in [3.8, 4) is 34.7 Å². The van der Waals surface area contributed by atoms with Crippen molar-refractivity contribution in [1.82, 2.24) is 24.5 Å². The third-order valence-corrected chi connectivity index (χ3v) is 11.2. The molecule has 0 spiro atoms. The average Bonchev–Trinajstić information content (AvgIpc) is 4.07. The van der Waals surface area contributed by atoms with E-state index in [0.717, 1.165) is 60.6 Å². The molecule has 5 heterocycles. The van der Waals surface area contributed by atoms with Gasteiger partial charge in [0, 0.05) is 73.0 Å². The molecule has 1 amide bonds. The lowest BCUT2D eigenvalue weighted by molar-refractivity contribution is 0.0270. The van der Waals surface area contributed by atoms with Crippen molar-refractivity contribution in [2.45, 2.75) is 45.9 Å². The molecule has 0 unspecified atom stereocenters. The van der Waals surface area contributed by atoms with E-state index in [1.807, 2.05) is 75.4 Å². The van der Waals surface area contributed by atoms with Gasteiger partial charge in [-0.25, -0.2) is 4.79 Å². The minimum Gasteiger partial charge on any atom is -0.464 e. The molecule has 0 radical (unpaired) electrons. The number of benzene rings is 4. The number of rotatable bonds is 7. The van der Waals surface area contributed by atoms with Crippen LogP contribution in [0.1, 0.15) is 55.0 Å². The number of halogens is 3. The fraction of sp³-hybridized carbons (Fsp3) is 0.188. The first-order valence-electron chi connectivity index (χ1n) is 19.6. The van der Waals surface area contributed by atoms with E-state index >= 15 is 0 Å². The van der Waals surface area contributed by atoms with Crippen molar-refractivity contribution in [2.24, 2.45) is 0 Å². The summed E-state index contributed by atoms with van der Waals surface area (Å²) in [6, 6.07) is 31.1. The SMILES string of the molecule is CC(C)(C)OC(=O)N1CC=C(c2ccc3occ(Cn4cc(C#N)c(-c5ccc(Cl)cc5)n4)c3c2)CC1.N#Cc1cn(Cc2coc3ccc(Br)cc23)nc1-c1ccc(Cl)cc1. The van der Waals surface area contributed by atoms with Crippen LogP contribution in [-0.4, -0.2) is 49.2 Å². The molecule has 0 N–H and O–H groups in total. The first kappa shape index (κ1) is 42.1. The summed E-state index contributed by atoms with van der Waals surface area (Å²) in [6.07, 6.45) is 9.51. The van der Waals surface area contributed by atoms with Gasteiger partial charge in [-0.1, -0.05) is 75.5 Å². The fourth-order valence-electron chi connectivity index (χ4n) is 7.16. The molecule has 0 saturated heterocycles. The Kier molecular flexibility index (Phi) is 12.1. The molecule has 4 aromatic heterocycles. The normalized spacial score (nSPS) is 12.7. The lowest BCUT2D eigenvalue weighted by Crippen LogP contribution is -2.39. The Balaban J connectivity index is 0.000000184. The van der Waals surface area contributed by atoms with Crippen LogP contribution in [0.4, 0.5) is 4.79 Å². The fourth-order valence-corrected chi connectivity index (χ4v) is 7.78. The Morgan fingerprint density at radius 2 is 1.26 bits per heavy atom. The molecule has 4 aromatic carbocycles. The molecule has 1 aliphatic rings. The third-order valence-electron chi connectivity index (χ3n) is 10.2. The van der Waals surface area contributed by atoms with Crippen LogP contribution in [0.25, 0.3) is 50.0 Å². The number of aromatic nitrogens is 4. The van der Waals surface area contributed by atoms with Crippen molar-refractivity contribution in [2.75, 3.05) is 13.1 Å². The highest BCUT2D eigenvalue weighted by Crippen LogP contribution is 2.32. The molecule has 9 rings (SSSR count). The van der Waals surface area contributed by atoms with Crippen LogP contribution in [-0.2, 0) is 17.8 Å². The number of amides is 1. The van der Waals surface area contributed by atoms with Crippen LogP contribution in [0, 0.1) is 22.7 Å². The molecule has 8 aromatic rings. The zero-order valence-corrected chi connectivity index (χ0v) is 37.0. The summed E-state index contributed by atoms with van der Waals surface area (Å²) in [4.78, 5) is 14.1. The summed E-state index contributed by atoms with van der Waals surface area (Å²) < 4.78 is 21.4. The molecule has 0 fully saturated rings. The van der Waals surface area contributed by atoms with Crippen molar-refractivity contribution >= 4 is 72.7 Å². The molecule has 1 aliphatic heterocycles. The van der Waals surface area contributed by atoms with Gasteiger partial charge in [0.15, 0.2) is 0 Å².